The van der Waals surface area contributed by atoms with Crippen LogP contribution in [0.15, 0.2) is 23.1 Å². The summed E-state index contributed by atoms with van der Waals surface area (Å²) in [5, 5.41) is 8.39. The molecule has 0 heterocycles. The molecule has 1 rings (SSSR count). The summed E-state index contributed by atoms with van der Waals surface area (Å²) in [6.07, 6.45) is 1.19. The van der Waals surface area contributed by atoms with E-state index in [2.05, 4.69) is 6.07 Å². The lowest BCUT2D eigenvalue weighted by molar-refractivity contribution is 0.680. The second-order valence-corrected chi connectivity index (χ2v) is 5.12. The molecule has 0 fully saturated rings. The minimum absolute atomic E-state index is 0.483. The normalized spacial score (nSPS) is 12.1. The Morgan fingerprint density at radius 2 is 2.13 bits per heavy atom. The molecule has 0 amide bonds. The highest BCUT2D eigenvalue weighted by Crippen LogP contribution is 2.15. The third-order valence-electron chi connectivity index (χ3n) is 2.19. The molecular weight excluding hydrogens is 206 g/mol. The Morgan fingerprint density at radius 3 is 2.73 bits per heavy atom. The topological polar surface area (TPSA) is 40.9 Å². The summed E-state index contributed by atoms with van der Waals surface area (Å²) in [5.41, 5.74) is 2.26. The van der Waals surface area contributed by atoms with Crippen molar-refractivity contribution in [1.82, 2.24) is 0 Å². The SMILES string of the molecule is Cc1ccc(S(=O)CCCC#N)c(C)c1. The molecule has 0 spiro atoms. The summed E-state index contributed by atoms with van der Waals surface area (Å²) in [7, 11) is -0.956. The fourth-order valence-corrected chi connectivity index (χ4v) is 2.71. The summed E-state index contributed by atoms with van der Waals surface area (Å²) in [5.74, 6) is 0.581. The highest BCUT2D eigenvalue weighted by atomic mass is 32.2. The van der Waals surface area contributed by atoms with Gasteiger partial charge >= 0.3 is 0 Å². The van der Waals surface area contributed by atoms with Crippen molar-refractivity contribution in [2.75, 3.05) is 5.75 Å². The largest absolute Gasteiger partial charge is 0.254 e. The van der Waals surface area contributed by atoms with Crippen LogP contribution in [0.4, 0.5) is 0 Å². The number of benzene rings is 1. The van der Waals surface area contributed by atoms with Crippen molar-refractivity contribution >= 4 is 10.8 Å². The van der Waals surface area contributed by atoms with E-state index in [1.807, 2.05) is 32.0 Å². The van der Waals surface area contributed by atoms with Gasteiger partial charge in [-0.15, -0.1) is 0 Å². The first kappa shape index (κ1) is 11.9. The van der Waals surface area contributed by atoms with Crippen LogP contribution in [-0.4, -0.2) is 9.96 Å². The maximum atomic E-state index is 11.9. The Bertz CT molecular complexity index is 407. The van der Waals surface area contributed by atoms with Crippen LogP contribution >= 0.6 is 0 Å². The van der Waals surface area contributed by atoms with Gasteiger partial charge in [-0.1, -0.05) is 17.7 Å². The lowest BCUT2D eigenvalue weighted by Gasteiger charge is -2.05. The Labute approximate surface area is 93.4 Å². The second kappa shape index (κ2) is 5.67. The van der Waals surface area contributed by atoms with E-state index in [1.54, 1.807) is 0 Å². The molecule has 1 aromatic rings. The lowest BCUT2D eigenvalue weighted by Crippen LogP contribution is -2.00. The average molecular weight is 221 g/mol. The van der Waals surface area contributed by atoms with E-state index in [9.17, 15) is 4.21 Å². The first-order chi connectivity index (χ1) is 7.15. The number of unbranched alkanes of at least 4 members (excludes halogenated alkanes) is 1. The molecule has 0 radical (unpaired) electrons. The first-order valence-electron chi connectivity index (χ1n) is 4.97. The molecule has 1 aromatic carbocycles. The number of hydrogen-bond donors (Lipinski definition) is 0. The van der Waals surface area contributed by atoms with Crippen LogP contribution in [0.1, 0.15) is 24.0 Å². The van der Waals surface area contributed by atoms with E-state index in [4.69, 9.17) is 5.26 Å². The van der Waals surface area contributed by atoms with Crippen molar-refractivity contribution in [3.63, 3.8) is 0 Å². The molecule has 0 aliphatic carbocycles. The van der Waals surface area contributed by atoms with Gasteiger partial charge in [0.05, 0.1) is 16.9 Å². The van der Waals surface area contributed by atoms with Crippen molar-refractivity contribution < 1.29 is 4.21 Å². The summed E-state index contributed by atoms with van der Waals surface area (Å²) in [4.78, 5) is 0.901. The van der Waals surface area contributed by atoms with Crippen LogP contribution in [0.25, 0.3) is 0 Å². The number of aryl methyl sites for hydroxylation is 2. The molecule has 0 saturated heterocycles. The van der Waals surface area contributed by atoms with Gasteiger partial charge in [-0.05, 0) is 31.9 Å². The second-order valence-electron chi connectivity index (χ2n) is 3.58. The Kier molecular flexibility index (Phi) is 4.51. The molecule has 0 aliphatic rings. The minimum Gasteiger partial charge on any atom is -0.254 e. The third-order valence-corrected chi connectivity index (χ3v) is 3.80. The monoisotopic (exact) mass is 221 g/mol. The Morgan fingerprint density at radius 1 is 1.40 bits per heavy atom. The minimum atomic E-state index is -0.956. The third kappa shape index (κ3) is 3.49. The molecule has 0 N–H and O–H groups in total. The van der Waals surface area contributed by atoms with E-state index in [1.165, 1.54) is 5.56 Å². The molecule has 1 unspecified atom stereocenters. The van der Waals surface area contributed by atoms with Crippen LogP contribution in [0.2, 0.25) is 0 Å². The van der Waals surface area contributed by atoms with Crippen molar-refractivity contribution in [2.24, 2.45) is 0 Å². The van der Waals surface area contributed by atoms with E-state index in [-0.39, 0.29) is 0 Å². The zero-order valence-electron chi connectivity index (χ0n) is 9.12. The quantitative estimate of drug-likeness (QED) is 0.733. The van der Waals surface area contributed by atoms with Gasteiger partial charge in [-0.25, -0.2) is 0 Å². The van der Waals surface area contributed by atoms with Crippen molar-refractivity contribution in [3.05, 3.63) is 29.3 Å². The zero-order valence-corrected chi connectivity index (χ0v) is 9.93. The van der Waals surface area contributed by atoms with E-state index < -0.39 is 10.8 Å². The summed E-state index contributed by atoms with van der Waals surface area (Å²) in [6.45, 7) is 4.00. The van der Waals surface area contributed by atoms with E-state index in [0.29, 0.717) is 18.6 Å². The van der Waals surface area contributed by atoms with Crippen molar-refractivity contribution in [3.8, 4) is 6.07 Å². The average Bonchev–Trinajstić information content (AvgIpc) is 2.17. The molecule has 0 saturated carbocycles. The van der Waals surface area contributed by atoms with Gasteiger partial charge in [0.1, 0.15) is 0 Å². The molecule has 1 atom stereocenters. The highest BCUT2D eigenvalue weighted by molar-refractivity contribution is 7.85. The molecule has 15 heavy (non-hydrogen) atoms. The molecule has 0 aliphatic heterocycles. The van der Waals surface area contributed by atoms with Crippen molar-refractivity contribution in [2.45, 2.75) is 31.6 Å². The van der Waals surface area contributed by atoms with Gasteiger partial charge < -0.3 is 0 Å². The van der Waals surface area contributed by atoms with Crippen LogP contribution in [0.3, 0.4) is 0 Å². The smallest absolute Gasteiger partial charge is 0.0622 e. The Hall–Kier alpha value is -1.14. The highest BCUT2D eigenvalue weighted by Gasteiger charge is 2.06. The van der Waals surface area contributed by atoms with Gasteiger partial charge in [0, 0.05) is 17.1 Å². The van der Waals surface area contributed by atoms with E-state index in [0.717, 1.165) is 10.5 Å². The van der Waals surface area contributed by atoms with Gasteiger partial charge in [0.2, 0.25) is 0 Å². The summed E-state index contributed by atoms with van der Waals surface area (Å²) in [6, 6.07) is 8.00. The van der Waals surface area contributed by atoms with Gasteiger partial charge in [0.15, 0.2) is 0 Å². The fraction of sp³-hybridized carbons (Fsp3) is 0.417. The fourth-order valence-electron chi connectivity index (χ4n) is 1.45. The molecule has 0 bridgehead atoms. The Balaban J connectivity index is 2.70. The summed E-state index contributed by atoms with van der Waals surface area (Å²) < 4.78 is 11.9. The molecule has 80 valence electrons. The van der Waals surface area contributed by atoms with E-state index >= 15 is 0 Å². The number of nitriles is 1. The standard InChI is InChI=1S/C12H15NOS/c1-10-5-6-12(11(2)9-10)15(14)8-4-3-7-13/h5-6,9H,3-4,8H2,1-2H3. The maximum absolute atomic E-state index is 11.9. The van der Waals surface area contributed by atoms with Crippen LogP contribution < -0.4 is 0 Å². The first-order valence-corrected chi connectivity index (χ1v) is 6.29. The number of rotatable bonds is 4. The van der Waals surface area contributed by atoms with Crippen LogP contribution in [0.5, 0.6) is 0 Å². The van der Waals surface area contributed by atoms with Gasteiger partial charge in [-0.2, -0.15) is 5.26 Å². The maximum Gasteiger partial charge on any atom is 0.0622 e. The zero-order chi connectivity index (χ0) is 11.3. The van der Waals surface area contributed by atoms with Crippen molar-refractivity contribution in [1.29, 1.82) is 5.26 Å². The van der Waals surface area contributed by atoms with Gasteiger partial charge in [0.25, 0.3) is 0 Å². The number of nitrogens with zero attached hydrogens (tertiary/aromatic N) is 1. The van der Waals surface area contributed by atoms with Gasteiger partial charge in [-0.3, -0.25) is 4.21 Å². The predicted molar refractivity (Wildman–Crippen MR) is 62.0 cm³/mol. The predicted octanol–water partition coefficient (Wildman–Crippen LogP) is 2.71. The molecule has 2 nitrogen and oxygen atoms in total. The lowest BCUT2D eigenvalue weighted by atomic mass is 10.2. The molecule has 0 aromatic heterocycles. The molecular formula is C12H15NOS. The van der Waals surface area contributed by atoms with Crippen LogP contribution in [-0.2, 0) is 10.8 Å². The molecule has 3 heteroatoms. The summed E-state index contributed by atoms with van der Waals surface area (Å²) >= 11 is 0. The number of hydrogen-bond acceptors (Lipinski definition) is 2. The van der Waals surface area contributed by atoms with Crippen LogP contribution in [0, 0.1) is 25.2 Å².